The first kappa shape index (κ1) is 17.1. The lowest BCUT2D eigenvalue weighted by Crippen LogP contribution is -2.43. The highest BCUT2D eigenvalue weighted by Crippen LogP contribution is 2.30. The van der Waals surface area contributed by atoms with E-state index >= 15 is 0 Å². The van der Waals surface area contributed by atoms with Gasteiger partial charge in [-0.2, -0.15) is 0 Å². The van der Waals surface area contributed by atoms with Gasteiger partial charge in [-0.1, -0.05) is 22.6 Å². The number of halogens is 3. The van der Waals surface area contributed by atoms with Crippen LogP contribution in [0.3, 0.4) is 0 Å². The van der Waals surface area contributed by atoms with E-state index in [9.17, 15) is 22.0 Å². The van der Waals surface area contributed by atoms with E-state index in [0.717, 1.165) is 9.79 Å². The monoisotopic (exact) mass is 354 g/mol. The van der Waals surface area contributed by atoms with Crippen molar-refractivity contribution >= 4 is 27.5 Å². The summed E-state index contributed by atoms with van der Waals surface area (Å²) < 4.78 is 49.9. The molecule has 1 aromatic carbocycles. The third-order valence-electron chi connectivity index (χ3n) is 3.37. The highest BCUT2D eigenvalue weighted by Gasteiger charge is 2.37. The average Bonchev–Trinajstić information content (AvgIpc) is 2.46. The van der Waals surface area contributed by atoms with Crippen LogP contribution in [0.1, 0.15) is 23.2 Å². The minimum atomic E-state index is -4.39. The number of alkyl halides is 2. The van der Waals surface area contributed by atoms with Crippen LogP contribution in [0, 0.1) is 0 Å². The van der Waals surface area contributed by atoms with Gasteiger partial charge in [-0.15, -0.1) is 0 Å². The Morgan fingerprint density at radius 3 is 2.45 bits per heavy atom. The summed E-state index contributed by atoms with van der Waals surface area (Å²) in [5.74, 6) is -3.56. The molecule has 1 aromatic rings. The van der Waals surface area contributed by atoms with E-state index in [1.807, 2.05) is 0 Å². The molecule has 0 saturated carbocycles. The molecule has 0 aliphatic carbocycles. The number of likely N-dealkylation sites (tertiary alicyclic amines) is 1. The van der Waals surface area contributed by atoms with Gasteiger partial charge in [0.2, 0.25) is 0 Å². The van der Waals surface area contributed by atoms with Crippen LogP contribution in [0.2, 0.25) is 5.02 Å². The van der Waals surface area contributed by atoms with Crippen LogP contribution in [0.25, 0.3) is 0 Å². The van der Waals surface area contributed by atoms with E-state index in [1.54, 1.807) is 0 Å². The summed E-state index contributed by atoms with van der Waals surface area (Å²) in [5.41, 5.74) is -0.278. The number of amides is 1. The van der Waals surface area contributed by atoms with Crippen LogP contribution in [0.4, 0.5) is 8.78 Å². The fourth-order valence-electron chi connectivity index (χ4n) is 2.20. The van der Waals surface area contributed by atoms with E-state index in [1.165, 1.54) is 18.2 Å². The van der Waals surface area contributed by atoms with Crippen molar-refractivity contribution < 1.29 is 27.2 Å². The van der Waals surface area contributed by atoms with E-state index in [-0.39, 0.29) is 23.7 Å². The second-order valence-corrected chi connectivity index (χ2v) is 6.86. The molecule has 2 N–H and O–H groups in total. The molecule has 0 radical (unpaired) electrons. The maximum Gasteiger partial charge on any atom is 0.264 e. The molecule has 10 heteroatoms. The van der Waals surface area contributed by atoms with Crippen molar-refractivity contribution in [3.8, 4) is 0 Å². The number of rotatable bonds is 3. The SMILES string of the molecule is O=C(c1cccc(Cl)c1S(=O)(=O)NO)N1CCC(F)(F)CC1. The van der Waals surface area contributed by atoms with Crippen molar-refractivity contribution in [3.63, 3.8) is 0 Å². The summed E-state index contributed by atoms with van der Waals surface area (Å²) in [4.78, 5) is 14.1. The summed E-state index contributed by atoms with van der Waals surface area (Å²) in [6.45, 7) is -0.380. The van der Waals surface area contributed by atoms with Crippen molar-refractivity contribution in [3.05, 3.63) is 28.8 Å². The van der Waals surface area contributed by atoms with Crippen molar-refractivity contribution in [2.24, 2.45) is 0 Å². The molecule has 1 amide bonds. The number of carbonyl (C=O) groups is 1. The standard InChI is InChI=1S/C12H13ClF2N2O4S/c13-9-3-1-2-8(10(9)22(20,21)16-19)11(18)17-6-4-12(14,15)5-7-17/h1-3,16,19H,4-7H2. The third-order valence-corrected chi connectivity index (χ3v) is 5.01. The number of benzene rings is 1. The van der Waals surface area contributed by atoms with Gasteiger partial charge in [0, 0.05) is 25.9 Å². The van der Waals surface area contributed by atoms with Gasteiger partial charge in [-0.05, 0) is 12.1 Å². The number of sulfonamides is 1. The molecule has 0 aromatic heterocycles. The number of nitrogens with zero attached hydrogens (tertiary/aromatic N) is 1. The second-order valence-electron chi connectivity index (χ2n) is 4.86. The lowest BCUT2D eigenvalue weighted by atomic mass is 10.1. The summed E-state index contributed by atoms with van der Waals surface area (Å²) in [7, 11) is -4.39. The van der Waals surface area contributed by atoms with Crippen molar-refractivity contribution in [1.29, 1.82) is 0 Å². The number of nitrogens with one attached hydrogen (secondary N) is 1. The normalized spacial score (nSPS) is 18.3. The topological polar surface area (TPSA) is 86.7 Å². The van der Waals surface area contributed by atoms with Crippen LogP contribution in [-0.2, 0) is 10.0 Å². The van der Waals surface area contributed by atoms with Crippen LogP contribution >= 0.6 is 11.6 Å². The predicted octanol–water partition coefficient (Wildman–Crippen LogP) is 1.88. The molecule has 0 unspecified atom stereocenters. The number of hydrogen-bond donors (Lipinski definition) is 2. The average molecular weight is 355 g/mol. The second kappa shape index (κ2) is 6.07. The van der Waals surface area contributed by atoms with Crippen LogP contribution in [-0.4, -0.2) is 43.4 Å². The van der Waals surface area contributed by atoms with Gasteiger partial charge >= 0.3 is 0 Å². The highest BCUT2D eigenvalue weighted by atomic mass is 35.5. The predicted molar refractivity (Wildman–Crippen MR) is 73.6 cm³/mol. The van der Waals surface area contributed by atoms with E-state index in [2.05, 4.69) is 0 Å². The summed E-state index contributed by atoms with van der Waals surface area (Å²) in [6, 6.07) is 3.82. The summed E-state index contributed by atoms with van der Waals surface area (Å²) in [5, 5.41) is 8.48. The Morgan fingerprint density at radius 1 is 1.32 bits per heavy atom. The fourth-order valence-corrected chi connectivity index (χ4v) is 3.54. The molecule has 2 rings (SSSR count). The Kier molecular flexibility index (Phi) is 4.71. The van der Waals surface area contributed by atoms with Gasteiger partial charge in [-0.25, -0.2) is 17.2 Å². The molecule has 1 fully saturated rings. The molecule has 1 heterocycles. The third kappa shape index (κ3) is 3.37. The quantitative estimate of drug-likeness (QED) is 0.811. The molecule has 122 valence electrons. The van der Waals surface area contributed by atoms with Crippen molar-refractivity contribution in [2.75, 3.05) is 13.1 Å². The smallest absolute Gasteiger partial charge is 0.264 e. The lowest BCUT2D eigenvalue weighted by molar-refractivity contribution is -0.0494. The molecule has 0 atom stereocenters. The lowest BCUT2D eigenvalue weighted by Gasteiger charge is -2.32. The van der Waals surface area contributed by atoms with Crippen LogP contribution in [0.5, 0.6) is 0 Å². The molecule has 1 aliphatic heterocycles. The first-order chi connectivity index (χ1) is 10.2. The van der Waals surface area contributed by atoms with Gasteiger partial charge in [0.15, 0.2) is 0 Å². The minimum absolute atomic E-state index is 0.190. The summed E-state index contributed by atoms with van der Waals surface area (Å²) >= 11 is 5.80. The van der Waals surface area contributed by atoms with E-state index in [0.29, 0.717) is 0 Å². The van der Waals surface area contributed by atoms with Gasteiger partial charge in [0.1, 0.15) is 4.90 Å². The Morgan fingerprint density at radius 2 is 1.91 bits per heavy atom. The first-order valence-corrected chi connectivity index (χ1v) is 8.15. The number of carbonyl (C=O) groups excluding carboxylic acids is 1. The molecular weight excluding hydrogens is 342 g/mol. The van der Waals surface area contributed by atoms with Crippen molar-refractivity contribution in [2.45, 2.75) is 23.7 Å². The van der Waals surface area contributed by atoms with Gasteiger partial charge in [-0.3, -0.25) is 4.79 Å². The molecule has 0 bridgehead atoms. The molecular formula is C12H13ClF2N2O4S. The molecule has 22 heavy (non-hydrogen) atoms. The van der Waals surface area contributed by atoms with Gasteiger partial charge in [0.25, 0.3) is 21.9 Å². The zero-order chi connectivity index (χ0) is 16.5. The number of hydrogen-bond acceptors (Lipinski definition) is 4. The maximum absolute atomic E-state index is 13.1. The first-order valence-electron chi connectivity index (χ1n) is 6.29. The molecule has 0 spiro atoms. The van der Waals surface area contributed by atoms with Gasteiger partial charge < -0.3 is 10.1 Å². The zero-order valence-electron chi connectivity index (χ0n) is 11.2. The Balaban J connectivity index is 2.38. The Hall–Kier alpha value is -1.29. The maximum atomic E-state index is 13.1. The molecule has 1 saturated heterocycles. The molecule has 1 aliphatic rings. The summed E-state index contributed by atoms with van der Waals surface area (Å²) in [6.07, 6.45) is -0.973. The zero-order valence-corrected chi connectivity index (χ0v) is 12.8. The van der Waals surface area contributed by atoms with E-state index < -0.39 is 39.6 Å². The fraction of sp³-hybridized carbons (Fsp3) is 0.417. The van der Waals surface area contributed by atoms with Gasteiger partial charge in [0.05, 0.1) is 10.6 Å². The molecule has 6 nitrogen and oxygen atoms in total. The van der Waals surface area contributed by atoms with Crippen molar-refractivity contribution in [1.82, 2.24) is 9.79 Å². The Labute approximate surface area is 130 Å². The highest BCUT2D eigenvalue weighted by molar-refractivity contribution is 7.89. The van der Waals surface area contributed by atoms with E-state index in [4.69, 9.17) is 16.8 Å². The largest absolute Gasteiger partial charge is 0.338 e. The van der Waals surface area contributed by atoms with Crippen LogP contribution < -0.4 is 4.89 Å². The minimum Gasteiger partial charge on any atom is -0.338 e. The van der Waals surface area contributed by atoms with Crippen LogP contribution in [0.15, 0.2) is 23.1 Å². The Bertz CT molecular complexity index is 686. The number of piperidine rings is 1.